The molecule has 0 bridgehead atoms. The lowest BCUT2D eigenvalue weighted by Crippen LogP contribution is -2.19. The van der Waals surface area contributed by atoms with Gasteiger partial charge in [-0.1, -0.05) is 0 Å². The average molecular weight is 276 g/mol. The summed E-state index contributed by atoms with van der Waals surface area (Å²) in [4.78, 5) is 11.3. The van der Waals surface area contributed by atoms with E-state index in [4.69, 9.17) is 0 Å². The number of alkyl halides is 5. The number of halogens is 6. The van der Waals surface area contributed by atoms with Gasteiger partial charge in [0.05, 0.1) is 6.07 Å². The molecule has 0 saturated heterocycles. The Balaban J connectivity index is 3.44. The minimum absolute atomic E-state index is 0.109. The average Bonchev–Trinajstić information content (AvgIpc) is 2.12. The molecule has 0 unspecified atom stereocenters. The Bertz CT molecular complexity index is 475. The van der Waals surface area contributed by atoms with Gasteiger partial charge in [0.25, 0.3) is 6.43 Å². The monoisotopic (exact) mass is 276 g/mol. The predicted molar refractivity (Wildman–Crippen MR) is 42.5 cm³/mol. The Morgan fingerprint density at radius 3 is 2.33 bits per heavy atom. The van der Waals surface area contributed by atoms with Crippen LogP contribution in [-0.2, 0) is 0 Å². The fraction of sp³-hybridized carbons (Fsp3) is 0.286. The normalized spacial score (nSPS) is 11.7. The van der Waals surface area contributed by atoms with Crippen LogP contribution in [0.4, 0.5) is 32.2 Å². The summed E-state index contributed by atoms with van der Waals surface area (Å²) >= 11 is 0. The minimum Gasteiger partial charge on any atom is -0.405 e. The zero-order chi connectivity index (χ0) is 14.1. The maximum Gasteiger partial charge on any atom is 0.573 e. The van der Waals surface area contributed by atoms with Crippen LogP contribution in [0.15, 0.2) is 6.07 Å². The lowest BCUT2D eigenvalue weighted by molar-refractivity contribution is -0.391. The van der Waals surface area contributed by atoms with Crippen LogP contribution in [0.2, 0.25) is 0 Å². The number of hydrogen-bond donors (Lipinski definition) is 0. The van der Waals surface area contributed by atoms with Gasteiger partial charge in [-0.3, -0.25) is 0 Å². The fourth-order valence-corrected chi connectivity index (χ4v) is 1.04. The first-order chi connectivity index (χ1) is 8.11. The van der Waals surface area contributed by atoms with Crippen molar-refractivity contribution < 1.29 is 36.0 Å². The quantitative estimate of drug-likeness (QED) is 0.368. The van der Waals surface area contributed by atoms with Gasteiger partial charge >= 0.3 is 18.1 Å². The molecule has 11 heteroatoms. The highest BCUT2D eigenvalue weighted by Crippen LogP contribution is 2.38. The molecule has 0 fully saturated rings. The molecule has 0 aliphatic heterocycles. The number of nitrogens with zero attached hydrogens (tertiary/aromatic N) is 2. The van der Waals surface area contributed by atoms with E-state index >= 15 is 0 Å². The molecule has 0 atom stereocenters. The maximum atomic E-state index is 12.7. The third-order valence-electron chi connectivity index (χ3n) is 1.59. The summed E-state index contributed by atoms with van der Waals surface area (Å²) < 4.78 is 76.3. The second-order valence-corrected chi connectivity index (χ2v) is 2.79. The van der Waals surface area contributed by atoms with E-state index in [9.17, 15) is 36.5 Å². The zero-order valence-corrected chi connectivity index (χ0v) is 8.04. The summed E-state index contributed by atoms with van der Waals surface area (Å²) in [5.41, 5.74) is -1.74. The molecular weight excluding hydrogens is 274 g/mol. The lowest BCUT2D eigenvalue weighted by Gasteiger charge is -2.12. The predicted octanol–water partition coefficient (Wildman–Crippen LogP) is 2.97. The summed E-state index contributed by atoms with van der Waals surface area (Å²) in [5.74, 6) is -5.17. The zero-order valence-electron chi connectivity index (χ0n) is 8.04. The van der Waals surface area contributed by atoms with Crippen LogP contribution in [0, 0.1) is 16.1 Å². The van der Waals surface area contributed by atoms with Gasteiger partial charge in [0.1, 0.15) is 0 Å². The van der Waals surface area contributed by atoms with E-state index in [1.807, 2.05) is 0 Å². The number of rotatable bonds is 3. The van der Waals surface area contributed by atoms with Crippen molar-refractivity contribution in [2.24, 2.45) is 0 Å². The van der Waals surface area contributed by atoms with Gasteiger partial charge in [-0.05, 0) is 9.91 Å². The highest BCUT2D eigenvalue weighted by molar-refractivity contribution is 5.45. The number of hydrogen-bond acceptors (Lipinski definition) is 4. The maximum absolute atomic E-state index is 12.7. The number of pyridine rings is 1. The standard InChI is InChI=1S/C7H2F6N2O3/c8-3-1-2(18-7(11,12)13)4(5(9)10)6(14-3)15(16)17/h1,5H. The molecule has 1 rings (SSSR count). The molecule has 100 valence electrons. The van der Waals surface area contributed by atoms with Gasteiger partial charge in [-0.2, -0.15) is 4.39 Å². The lowest BCUT2D eigenvalue weighted by atomic mass is 10.2. The molecule has 0 aliphatic rings. The first kappa shape index (κ1) is 14.0. The van der Waals surface area contributed by atoms with Crippen LogP contribution in [0.1, 0.15) is 12.0 Å². The van der Waals surface area contributed by atoms with Crippen LogP contribution in [-0.4, -0.2) is 16.3 Å². The third kappa shape index (κ3) is 3.21. The summed E-state index contributed by atoms with van der Waals surface area (Å²) in [6.45, 7) is 0. The first-order valence-corrected chi connectivity index (χ1v) is 4.00. The molecule has 0 saturated carbocycles. The number of aromatic nitrogens is 1. The Morgan fingerprint density at radius 2 is 1.94 bits per heavy atom. The van der Waals surface area contributed by atoms with E-state index < -0.39 is 40.8 Å². The third-order valence-corrected chi connectivity index (χ3v) is 1.59. The van der Waals surface area contributed by atoms with Gasteiger partial charge in [0, 0.05) is 0 Å². The van der Waals surface area contributed by atoms with Crippen molar-refractivity contribution in [3.8, 4) is 5.75 Å². The Labute approximate surface area is 94.1 Å². The van der Waals surface area contributed by atoms with Gasteiger partial charge in [-0.15, -0.1) is 13.2 Å². The largest absolute Gasteiger partial charge is 0.573 e. The summed E-state index contributed by atoms with van der Waals surface area (Å²) in [7, 11) is 0. The smallest absolute Gasteiger partial charge is 0.405 e. The van der Waals surface area contributed by atoms with Crippen LogP contribution in [0.25, 0.3) is 0 Å². The van der Waals surface area contributed by atoms with Crippen LogP contribution >= 0.6 is 0 Å². The molecule has 5 nitrogen and oxygen atoms in total. The molecule has 0 aromatic carbocycles. The second-order valence-electron chi connectivity index (χ2n) is 2.79. The Hall–Kier alpha value is -2.07. The molecule has 0 N–H and O–H groups in total. The van der Waals surface area contributed by atoms with Crippen molar-refractivity contribution in [1.82, 2.24) is 4.98 Å². The fourth-order valence-electron chi connectivity index (χ4n) is 1.04. The van der Waals surface area contributed by atoms with Gasteiger partial charge < -0.3 is 14.9 Å². The first-order valence-electron chi connectivity index (χ1n) is 4.00. The van der Waals surface area contributed by atoms with Gasteiger partial charge in [0.2, 0.25) is 0 Å². The van der Waals surface area contributed by atoms with E-state index in [1.165, 1.54) is 0 Å². The van der Waals surface area contributed by atoms with Crippen molar-refractivity contribution in [2.75, 3.05) is 0 Å². The molecule has 18 heavy (non-hydrogen) atoms. The molecular formula is C7H2F6N2O3. The van der Waals surface area contributed by atoms with Crippen LogP contribution in [0.5, 0.6) is 5.75 Å². The van der Waals surface area contributed by atoms with Gasteiger partial charge in [0.15, 0.2) is 11.3 Å². The molecule has 0 aliphatic carbocycles. The molecule has 1 aromatic heterocycles. The van der Waals surface area contributed by atoms with Crippen LogP contribution < -0.4 is 4.74 Å². The summed E-state index contributed by atoms with van der Waals surface area (Å²) in [6.07, 6.45) is -9.08. The van der Waals surface area contributed by atoms with E-state index in [0.29, 0.717) is 0 Å². The molecule has 0 spiro atoms. The van der Waals surface area contributed by atoms with E-state index in [-0.39, 0.29) is 6.07 Å². The van der Waals surface area contributed by atoms with E-state index in [0.717, 1.165) is 0 Å². The van der Waals surface area contributed by atoms with E-state index in [1.54, 1.807) is 0 Å². The molecule has 1 heterocycles. The highest BCUT2D eigenvalue weighted by Gasteiger charge is 2.38. The van der Waals surface area contributed by atoms with Crippen molar-refractivity contribution in [3.63, 3.8) is 0 Å². The SMILES string of the molecule is O=[N+]([O-])c1nc(F)cc(OC(F)(F)F)c1C(F)F. The van der Waals surface area contributed by atoms with Crippen LogP contribution in [0.3, 0.4) is 0 Å². The van der Waals surface area contributed by atoms with Crippen molar-refractivity contribution in [3.05, 3.63) is 27.7 Å². The highest BCUT2D eigenvalue weighted by atomic mass is 19.4. The van der Waals surface area contributed by atoms with Crippen molar-refractivity contribution in [2.45, 2.75) is 12.8 Å². The summed E-state index contributed by atoms with van der Waals surface area (Å²) in [6, 6.07) is -0.109. The number of ether oxygens (including phenoxy) is 1. The van der Waals surface area contributed by atoms with E-state index in [2.05, 4.69) is 9.72 Å². The van der Waals surface area contributed by atoms with Crippen molar-refractivity contribution in [1.29, 1.82) is 0 Å². The van der Waals surface area contributed by atoms with Gasteiger partial charge in [-0.25, -0.2) is 8.78 Å². The minimum atomic E-state index is -5.40. The van der Waals surface area contributed by atoms with Crippen molar-refractivity contribution >= 4 is 5.82 Å². The Kier molecular flexibility index (Phi) is 3.62. The Morgan fingerprint density at radius 1 is 1.39 bits per heavy atom. The molecule has 1 aromatic rings. The molecule has 0 amide bonds. The topological polar surface area (TPSA) is 65.3 Å². The molecule has 0 radical (unpaired) electrons. The number of nitro groups is 1. The second kappa shape index (κ2) is 4.66. The summed E-state index contributed by atoms with van der Waals surface area (Å²) in [5, 5.41) is 10.3.